The van der Waals surface area contributed by atoms with E-state index in [1.165, 1.54) is 11.8 Å². The van der Waals surface area contributed by atoms with Gasteiger partial charge in [0.2, 0.25) is 5.91 Å². The summed E-state index contributed by atoms with van der Waals surface area (Å²) in [7, 11) is 0. The van der Waals surface area contributed by atoms with Crippen LogP contribution in [-0.2, 0) is 4.79 Å². The molecule has 0 saturated heterocycles. The van der Waals surface area contributed by atoms with Crippen molar-refractivity contribution in [3.8, 4) is 6.07 Å². The van der Waals surface area contributed by atoms with E-state index in [-0.39, 0.29) is 5.91 Å². The van der Waals surface area contributed by atoms with Crippen molar-refractivity contribution < 1.29 is 4.79 Å². The molecule has 0 atom stereocenters. The van der Waals surface area contributed by atoms with Gasteiger partial charge in [-0.15, -0.1) is 11.8 Å². The molecule has 0 aromatic carbocycles. The van der Waals surface area contributed by atoms with E-state index in [2.05, 4.69) is 10.3 Å². The van der Waals surface area contributed by atoms with Crippen LogP contribution in [0, 0.1) is 11.3 Å². The largest absolute Gasteiger partial charge is 0.384 e. The lowest BCUT2D eigenvalue weighted by molar-refractivity contribution is -0.118. The highest BCUT2D eigenvalue weighted by Gasteiger charge is 2.02. The van der Waals surface area contributed by atoms with Crippen LogP contribution >= 0.6 is 11.8 Å². The van der Waals surface area contributed by atoms with Crippen LogP contribution in [0.4, 0.5) is 5.82 Å². The van der Waals surface area contributed by atoms with E-state index in [9.17, 15) is 4.79 Å². The van der Waals surface area contributed by atoms with Crippen LogP contribution in [0.25, 0.3) is 0 Å². The van der Waals surface area contributed by atoms with Crippen LogP contribution in [0.3, 0.4) is 0 Å². The van der Waals surface area contributed by atoms with Gasteiger partial charge in [-0.2, -0.15) is 5.26 Å². The molecule has 1 rings (SSSR count). The highest BCUT2D eigenvalue weighted by molar-refractivity contribution is 8.00. The zero-order chi connectivity index (χ0) is 11.8. The molecule has 0 fully saturated rings. The van der Waals surface area contributed by atoms with Crippen molar-refractivity contribution in [2.24, 2.45) is 0 Å². The second-order valence-electron chi connectivity index (χ2n) is 2.97. The van der Waals surface area contributed by atoms with E-state index in [0.717, 1.165) is 4.90 Å². The number of hydrogen-bond acceptors (Lipinski definition) is 5. The van der Waals surface area contributed by atoms with Crippen LogP contribution < -0.4 is 11.1 Å². The topological polar surface area (TPSA) is 91.8 Å². The number of pyridine rings is 1. The van der Waals surface area contributed by atoms with Gasteiger partial charge in [0, 0.05) is 17.6 Å². The Morgan fingerprint density at radius 2 is 2.44 bits per heavy atom. The number of hydrogen-bond donors (Lipinski definition) is 2. The number of aromatic nitrogens is 1. The van der Waals surface area contributed by atoms with E-state index in [0.29, 0.717) is 24.5 Å². The predicted octanol–water partition coefficient (Wildman–Crippen LogP) is 0.786. The van der Waals surface area contributed by atoms with Crippen molar-refractivity contribution in [2.75, 3.05) is 18.0 Å². The number of nitrogens with zero attached hydrogens (tertiary/aromatic N) is 2. The van der Waals surface area contributed by atoms with Crippen LogP contribution in [0.15, 0.2) is 23.2 Å². The number of amides is 1. The Morgan fingerprint density at radius 3 is 3.06 bits per heavy atom. The zero-order valence-corrected chi connectivity index (χ0v) is 9.46. The molecule has 0 aliphatic rings. The van der Waals surface area contributed by atoms with E-state index in [4.69, 9.17) is 11.0 Å². The fraction of sp³-hybridized carbons (Fsp3) is 0.300. The fourth-order valence-electron chi connectivity index (χ4n) is 0.935. The Morgan fingerprint density at radius 1 is 1.62 bits per heavy atom. The predicted molar refractivity (Wildman–Crippen MR) is 62.6 cm³/mol. The van der Waals surface area contributed by atoms with Crippen molar-refractivity contribution in [3.05, 3.63) is 18.3 Å². The number of nitriles is 1. The first-order valence-corrected chi connectivity index (χ1v) is 5.69. The number of rotatable bonds is 5. The molecule has 1 aromatic heterocycles. The Kier molecular flexibility index (Phi) is 5.16. The van der Waals surface area contributed by atoms with Crippen molar-refractivity contribution >= 4 is 23.5 Å². The molecule has 0 aliphatic heterocycles. The average Bonchev–Trinajstić information content (AvgIpc) is 2.29. The number of nitrogen functional groups attached to an aromatic ring is 1. The monoisotopic (exact) mass is 236 g/mol. The van der Waals surface area contributed by atoms with Crippen LogP contribution in [0.2, 0.25) is 0 Å². The van der Waals surface area contributed by atoms with Gasteiger partial charge in [-0.1, -0.05) is 0 Å². The summed E-state index contributed by atoms with van der Waals surface area (Å²) < 4.78 is 0. The molecule has 1 heterocycles. The summed E-state index contributed by atoms with van der Waals surface area (Å²) in [5.41, 5.74) is 5.43. The molecule has 0 spiro atoms. The van der Waals surface area contributed by atoms with Gasteiger partial charge in [0.05, 0.1) is 18.2 Å². The fourth-order valence-corrected chi connectivity index (χ4v) is 1.63. The summed E-state index contributed by atoms with van der Waals surface area (Å²) in [5.74, 6) is 0.691. The lowest BCUT2D eigenvalue weighted by Gasteiger charge is -2.02. The molecule has 0 aliphatic carbocycles. The molecule has 0 radical (unpaired) electrons. The standard InChI is InChI=1S/C10H12N4OS/c11-4-1-5-13-10(15)7-16-8-2-3-9(12)14-6-8/h2-3,6H,1,5,7H2,(H2,12,14)(H,13,15). The maximum Gasteiger partial charge on any atom is 0.230 e. The molecule has 16 heavy (non-hydrogen) atoms. The molecule has 6 heteroatoms. The summed E-state index contributed by atoms with van der Waals surface area (Å²) in [6.07, 6.45) is 1.96. The summed E-state index contributed by atoms with van der Waals surface area (Å²) in [5, 5.41) is 10.9. The molecule has 5 nitrogen and oxygen atoms in total. The van der Waals surface area contributed by atoms with Crippen molar-refractivity contribution in [3.63, 3.8) is 0 Å². The van der Waals surface area contributed by atoms with Gasteiger partial charge in [-0.05, 0) is 12.1 Å². The number of nitrogens with two attached hydrogens (primary N) is 1. The number of thioether (sulfide) groups is 1. The lowest BCUT2D eigenvalue weighted by atomic mass is 10.4. The molecule has 1 aromatic rings. The highest BCUT2D eigenvalue weighted by atomic mass is 32.2. The maximum atomic E-state index is 11.3. The van der Waals surface area contributed by atoms with E-state index in [1.54, 1.807) is 12.3 Å². The molecular weight excluding hydrogens is 224 g/mol. The SMILES string of the molecule is N#CCCNC(=O)CSc1ccc(N)nc1. The van der Waals surface area contributed by atoms with Gasteiger partial charge in [0.1, 0.15) is 5.82 Å². The first kappa shape index (κ1) is 12.3. The van der Waals surface area contributed by atoms with Gasteiger partial charge in [-0.25, -0.2) is 4.98 Å². The number of nitrogens with one attached hydrogen (secondary N) is 1. The summed E-state index contributed by atoms with van der Waals surface area (Å²) >= 11 is 1.38. The summed E-state index contributed by atoms with van der Waals surface area (Å²) in [4.78, 5) is 16.1. The van der Waals surface area contributed by atoms with Gasteiger partial charge >= 0.3 is 0 Å². The Bertz CT molecular complexity index is 385. The molecule has 0 bridgehead atoms. The smallest absolute Gasteiger partial charge is 0.230 e. The zero-order valence-electron chi connectivity index (χ0n) is 8.64. The molecule has 84 valence electrons. The Labute approximate surface area is 98.0 Å². The normalized spacial score (nSPS) is 9.44. The second kappa shape index (κ2) is 6.69. The Balaban J connectivity index is 2.26. The van der Waals surface area contributed by atoms with Crippen LogP contribution in [-0.4, -0.2) is 23.2 Å². The molecule has 3 N–H and O–H groups in total. The highest BCUT2D eigenvalue weighted by Crippen LogP contribution is 2.16. The number of carbonyl (C=O) groups excluding carboxylic acids is 1. The number of anilines is 1. The molecular formula is C10H12N4OS. The van der Waals surface area contributed by atoms with Crippen LogP contribution in [0.1, 0.15) is 6.42 Å². The first-order chi connectivity index (χ1) is 7.72. The maximum absolute atomic E-state index is 11.3. The van der Waals surface area contributed by atoms with Gasteiger partial charge < -0.3 is 11.1 Å². The average molecular weight is 236 g/mol. The third kappa shape index (κ3) is 4.66. The van der Waals surface area contributed by atoms with Crippen molar-refractivity contribution in [1.29, 1.82) is 5.26 Å². The van der Waals surface area contributed by atoms with Gasteiger partial charge in [-0.3, -0.25) is 4.79 Å². The van der Waals surface area contributed by atoms with Crippen molar-refractivity contribution in [1.82, 2.24) is 10.3 Å². The van der Waals surface area contributed by atoms with E-state index >= 15 is 0 Å². The van der Waals surface area contributed by atoms with E-state index < -0.39 is 0 Å². The third-order valence-electron chi connectivity index (χ3n) is 1.69. The minimum Gasteiger partial charge on any atom is -0.384 e. The molecule has 0 saturated carbocycles. The van der Waals surface area contributed by atoms with Gasteiger partial charge in [0.15, 0.2) is 0 Å². The van der Waals surface area contributed by atoms with Gasteiger partial charge in [0.25, 0.3) is 0 Å². The molecule has 0 unspecified atom stereocenters. The second-order valence-corrected chi connectivity index (χ2v) is 4.01. The van der Waals surface area contributed by atoms with Crippen molar-refractivity contribution in [2.45, 2.75) is 11.3 Å². The number of carbonyl (C=O) groups is 1. The van der Waals surface area contributed by atoms with E-state index in [1.807, 2.05) is 12.1 Å². The minimum atomic E-state index is -0.0860. The minimum absolute atomic E-state index is 0.0860. The third-order valence-corrected chi connectivity index (χ3v) is 2.67. The molecule has 1 amide bonds. The summed E-state index contributed by atoms with van der Waals surface area (Å²) in [6.45, 7) is 0.399. The summed E-state index contributed by atoms with van der Waals surface area (Å²) in [6, 6.07) is 5.46. The lowest BCUT2D eigenvalue weighted by Crippen LogP contribution is -2.25. The Hall–Kier alpha value is -1.74. The quantitative estimate of drug-likeness (QED) is 0.582. The first-order valence-electron chi connectivity index (χ1n) is 4.70. The van der Waals surface area contributed by atoms with Crippen LogP contribution in [0.5, 0.6) is 0 Å².